The van der Waals surface area contributed by atoms with Gasteiger partial charge in [0.1, 0.15) is 11.5 Å². The lowest BCUT2D eigenvalue weighted by atomic mass is 9.85. The molecule has 0 atom stereocenters. The molecule has 0 amide bonds. The number of likely N-dealkylation sites (N-methyl/N-ethyl adjacent to an activating group) is 1. The van der Waals surface area contributed by atoms with Gasteiger partial charge in [-0.25, -0.2) is 19.3 Å². The number of piperazine rings is 1. The summed E-state index contributed by atoms with van der Waals surface area (Å²) in [5.41, 5.74) is 4.35. The number of benzene rings is 1. The molecule has 1 saturated heterocycles. The second kappa shape index (κ2) is 11.4. The molecular weight excluding hydrogens is 491 g/mol. The van der Waals surface area contributed by atoms with E-state index in [0.717, 1.165) is 55.7 Å². The Labute approximate surface area is 229 Å². The minimum absolute atomic E-state index is 0.274. The highest BCUT2D eigenvalue weighted by atomic mass is 19.1. The molecule has 3 aromatic heterocycles. The van der Waals surface area contributed by atoms with Gasteiger partial charge in [0.05, 0.1) is 11.7 Å². The molecule has 4 aromatic rings. The number of pyridine rings is 1. The maximum atomic E-state index is 15.0. The molecule has 39 heavy (non-hydrogen) atoms. The minimum atomic E-state index is -0.450. The number of aromatic nitrogens is 5. The predicted molar refractivity (Wildman–Crippen MR) is 152 cm³/mol. The van der Waals surface area contributed by atoms with E-state index in [-0.39, 0.29) is 5.69 Å². The van der Waals surface area contributed by atoms with Crippen LogP contribution in [-0.2, 0) is 13.6 Å². The Morgan fingerprint density at radius 3 is 2.49 bits per heavy atom. The van der Waals surface area contributed by atoms with Crippen molar-refractivity contribution in [3.63, 3.8) is 0 Å². The van der Waals surface area contributed by atoms with Gasteiger partial charge in [0.25, 0.3) is 0 Å². The Kier molecular flexibility index (Phi) is 7.52. The van der Waals surface area contributed by atoms with Gasteiger partial charge in [-0.3, -0.25) is 9.58 Å². The number of anilines is 2. The summed E-state index contributed by atoms with van der Waals surface area (Å²) in [6.07, 6.45) is 9.27. The molecular formula is C30H37FN8. The normalized spacial score (nSPS) is 17.6. The Balaban J connectivity index is 1.19. The Hall–Kier alpha value is -3.43. The summed E-state index contributed by atoms with van der Waals surface area (Å²) in [4.78, 5) is 18.2. The lowest BCUT2D eigenvalue weighted by molar-refractivity contribution is 0.132. The topological polar surface area (TPSA) is 75.0 Å². The van der Waals surface area contributed by atoms with E-state index >= 15 is 0 Å². The van der Waals surface area contributed by atoms with Crippen molar-refractivity contribution in [2.45, 2.75) is 51.5 Å². The van der Waals surface area contributed by atoms with Crippen molar-refractivity contribution in [3.05, 3.63) is 59.8 Å². The third kappa shape index (κ3) is 5.65. The molecule has 1 aliphatic heterocycles. The summed E-state index contributed by atoms with van der Waals surface area (Å²) in [7, 11) is 2.02. The van der Waals surface area contributed by atoms with Crippen LogP contribution in [0.5, 0.6) is 0 Å². The lowest BCUT2D eigenvalue weighted by Crippen LogP contribution is -2.45. The molecule has 1 aromatic carbocycles. The number of fused-ring (bicyclic) bond motifs is 1. The van der Waals surface area contributed by atoms with Crippen molar-refractivity contribution in [2.75, 3.05) is 38.0 Å². The van der Waals surface area contributed by atoms with Crippen molar-refractivity contribution in [1.29, 1.82) is 0 Å². The van der Waals surface area contributed by atoms with Crippen LogP contribution in [-0.4, -0.2) is 67.3 Å². The Morgan fingerprint density at radius 1 is 0.949 bits per heavy atom. The van der Waals surface area contributed by atoms with Crippen LogP contribution in [0.3, 0.4) is 0 Å². The van der Waals surface area contributed by atoms with Gasteiger partial charge in [0, 0.05) is 68.5 Å². The van der Waals surface area contributed by atoms with Crippen LogP contribution < -0.4 is 5.32 Å². The van der Waals surface area contributed by atoms with Crippen molar-refractivity contribution in [3.8, 4) is 11.3 Å². The quantitative estimate of drug-likeness (QED) is 0.340. The fraction of sp³-hybridized carbons (Fsp3) is 0.467. The molecule has 8 nitrogen and oxygen atoms in total. The van der Waals surface area contributed by atoms with Gasteiger partial charge in [-0.2, -0.15) is 5.10 Å². The molecule has 2 fully saturated rings. The molecule has 0 spiro atoms. The highest BCUT2D eigenvalue weighted by Crippen LogP contribution is 2.37. The van der Waals surface area contributed by atoms with E-state index in [0.29, 0.717) is 17.7 Å². The zero-order valence-electron chi connectivity index (χ0n) is 22.9. The average molecular weight is 529 g/mol. The van der Waals surface area contributed by atoms with Gasteiger partial charge in [0.2, 0.25) is 5.95 Å². The van der Waals surface area contributed by atoms with Gasteiger partial charge >= 0.3 is 0 Å². The van der Waals surface area contributed by atoms with Crippen molar-refractivity contribution < 1.29 is 4.39 Å². The van der Waals surface area contributed by atoms with E-state index < -0.39 is 5.82 Å². The number of nitrogens with one attached hydrogen (secondary N) is 1. The maximum Gasteiger partial charge on any atom is 0.229 e. The van der Waals surface area contributed by atoms with Gasteiger partial charge in [0.15, 0.2) is 5.82 Å². The molecule has 1 saturated carbocycles. The molecule has 0 radical (unpaired) electrons. The van der Waals surface area contributed by atoms with E-state index in [1.165, 1.54) is 49.6 Å². The number of aryl methyl sites for hydroxylation is 1. The molecule has 6 rings (SSSR count). The number of rotatable bonds is 7. The molecule has 204 valence electrons. The largest absolute Gasteiger partial charge is 0.309 e. The first-order valence-electron chi connectivity index (χ1n) is 14.2. The van der Waals surface area contributed by atoms with E-state index in [2.05, 4.69) is 43.1 Å². The highest BCUT2D eigenvalue weighted by Gasteiger charge is 2.23. The number of nitrogens with zero attached hydrogens (tertiary/aromatic N) is 7. The van der Waals surface area contributed by atoms with Crippen LogP contribution in [0.2, 0.25) is 0 Å². The van der Waals surface area contributed by atoms with Crippen molar-refractivity contribution in [1.82, 2.24) is 34.5 Å². The summed E-state index contributed by atoms with van der Waals surface area (Å²) in [6, 6.07) is 9.91. The first kappa shape index (κ1) is 25.8. The van der Waals surface area contributed by atoms with E-state index in [1.807, 2.05) is 42.2 Å². The van der Waals surface area contributed by atoms with E-state index in [1.54, 1.807) is 0 Å². The Bertz CT molecular complexity index is 1420. The van der Waals surface area contributed by atoms with E-state index in [9.17, 15) is 4.39 Å². The first-order valence-corrected chi connectivity index (χ1v) is 14.2. The van der Waals surface area contributed by atoms with Crippen molar-refractivity contribution in [2.24, 2.45) is 7.05 Å². The van der Waals surface area contributed by atoms with Crippen molar-refractivity contribution >= 4 is 22.7 Å². The van der Waals surface area contributed by atoms with Gasteiger partial charge in [-0.15, -0.1) is 0 Å². The number of hydrogen-bond donors (Lipinski definition) is 1. The highest BCUT2D eigenvalue weighted by molar-refractivity contribution is 5.87. The number of halogens is 1. The van der Waals surface area contributed by atoms with Crippen LogP contribution >= 0.6 is 0 Å². The third-order valence-corrected chi connectivity index (χ3v) is 8.27. The first-order chi connectivity index (χ1) is 19.1. The maximum absolute atomic E-state index is 15.0. The molecule has 1 aliphatic carbocycles. The van der Waals surface area contributed by atoms with Gasteiger partial charge < -0.3 is 10.2 Å². The molecule has 0 bridgehead atoms. The third-order valence-electron chi connectivity index (χ3n) is 8.27. The second-order valence-corrected chi connectivity index (χ2v) is 10.9. The standard InChI is InChI=1S/C30H37FN8/c1-3-38-13-15-39(16-14-38)20-21-9-12-27(32-18-21)34-30-33-19-25(31)28(35-30)23-10-11-26-24(17-23)29(37(2)36-26)22-7-5-4-6-8-22/h9-12,17-19,22H,3-8,13-16,20H2,1-2H3,(H,32,33,34,35). The van der Waals surface area contributed by atoms with Crippen LogP contribution in [0.15, 0.2) is 42.7 Å². The summed E-state index contributed by atoms with van der Waals surface area (Å²) in [6.45, 7) is 8.60. The van der Waals surface area contributed by atoms with Crippen LogP contribution in [0.4, 0.5) is 16.2 Å². The second-order valence-electron chi connectivity index (χ2n) is 10.9. The van der Waals surface area contributed by atoms with Crippen LogP contribution in [0.25, 0.3) is 22.2 Å². The van der Waals surface area contributed by atoms with Crippen LogP contribution in [0, 0.1) is 5.82 Å². The predicted octanol–water partition coefficient (Wildman–Crippen LogP) is 5.49. The van der Waals surface area contributed by atoms with Gasteiger partial charge in [-0.1, -0.05) is 38.3 Å². The molecule has 4 heterocycles. The zero-order valence-corrected chi connectivity index (χ0v) is 22.9. The minimum Gasteiger partial charge on any atom is -0.309 e. The lowest BCUT2D eigenvalue weighted by Gasteiger charge is -2.33. The fourth-order valence-electron chi connectivity index (χ4n) is 6.08. The molecule has 2 aliphatic rings. The summed E-state index contributed by atoms with van der Waals surface area (Å²) < 4.78 is 17.0. The summed E-state index contributed by atoms with van der Waals surface area (Å²) in [5.74, 6) is 0.997. The van der Waals surface area contributed by atoms with Crippen LogP contribution in [0.1, 0.15) is 56.2 Å². The average Bonchev–Trinajstić information content (AvgIpc) is 3.31. The fourth-order valence-corrected chi connectivity index (χ4v) is 6.08. The number of hydrogen-bond acceptors (Lipinski definition) is 7. The smallest absolute Gasteiger partial charge is 0.229 e. The van der Waals surface area contributed by atoms with E-state index in [4.69, 9.17) is 5.10 Å². The molecule has 1 N–H and O–H groups in total. The zero-order chi connectivity index (χ0) is 26.8. The SMILES string of the molecule is CCN1CCN(Cc2ccc(Nc3ncc(F)c(-c4ccc5nn(C)c(C6CCCCC6)c5c4)n3)nc2)CC1. The Morgan fingerprint density at radius 2 is 1.74 bits per heavy atom. The monoisotopic (exact) mass is 528 g/mol. The molecule has 9 heteroatoms. The van der Waals surface area contributed by atoms with Gasteiger partial charge in [-0.05, 0) is 43.1 Å². The molecule has 0 unspecified atom stereocenters. The summed E-state index contributed by atoms with van der Waals surface area (Å²) in [5, 5.41) is 8.97. The summed E-state index contributed by atoms with van der Waals surface area (Å²) >= 11 is 0.